The number of pyridine rings is 1. The minimum Gasteiger partial charge on any atom is -0.349 e. The average Bonchev–Trinajstić information content (AvgIpc) is 2.29. The fourth-order valence-electron chi connectivity index (χ4n) is 1.67. The summed E-state index contributed by atoms with van der Waals surface area (Å²) in [6.07, 6.45) is 7.40. The standard InChI is InChI=1S/C13H18N2S/c1-2-3-4-5-6-7-12-9-8-11(10-14)13(16)15-12/h8-9H,2-7H2,1H3,(H,15,16). The van der Waals surface area contributed by atoms with E-state index in [0.717, 1.165) is 12.1 Å². The smallest absolute Gasteiger partial charge is 0.121 e. The molecule has 0 unspecified atom stereocenters. The van der Waals surface area contributed by atoms with Crippen molar-refractivity contribution < 1.29 is 0 Å². The number of hydrogen-bond acceptors (Lipinski definition) is 2. The van der Waals surface area contributed by atoms with Gasteiger partial charge >= 0.3 is 0 Å². The molecule has 16 heavy (non-hydrogen) atoms. The maximum atomic E-state index is 8.75. The Morgan fingerprint density at radius 1 is 1.25 bits per heavy atom. The van der Waals surface area contributed by atoms with E-state index in [1.165, 1.54) is 32.1 Å². The summed E-state index contributed by atoms with van der Waals surface area (Å²) in [6.45, 7) is 2.22. The van der Waals surface area contributed by atoms with E-state index in [0.29, 0.717) is 10.2 Å². The van der Waals surface area contributed by atoms with E-state index < -0.39 is 0 Å². The van der Waals surface area contributed by atoms with Crippen molar-refractivity contribution in [2.24, 2.45) is 0 Å². The molecule has 0 saturated carbocycles. The first-order chi connectivity index (χ1) is 7.77. The SMILES string of the molecule is CCCCCCCc1ccc(C#N)c(=S)[nH]1. The van der Waals surface area contributed by atoms with Crippen molar-refractivity contribution in [1.29, 1.82) is 5.26 Å². The van der Waals surface area contributed by atoms with Crippen molar-refractivity contribution in [3.8, 4) is 6.07 Å². The molecule has 0 aromatic carbocycles. The van der Waals surface area contributed by atoms with Crippen LogP contribution in [-0.2, 0) is 6.42 Å². The maximum absolute atomic E-state index is 8.75. The Balaban J connectivity index is 2.41. The molecular weight excluding hydrogens is 216 g/mol. The van der Waals surface area contributed by atoms with Gasteiger partial charge in [0.1, 0.15) is 10.7 Å². The number of aromatic nitrogens is 1. The molecule has 0 bridgehead atoms. The molecule has 0 spiro atoms. The van der Waals surface area contributed by atoms with Crippen molar-refractivity contribution in [1.82, 2.24) is 4.98 Å². The second-order valence-electron chi connectivity index (χ2n) is 4.00. The molecule has 3 heteroatoms. The van der Waals surface area contributed by atoms with Crippen LogP contribution in [-0.4, -0.2) is 4.98 Å². The number of unbranched alkanes of at least 4 members (excludes halogenated alkanes) is 4. The summed E-state index contributed by atoms with van der Waals surface area (Å²) in [7, 11) is 0. The third kappa shape index (κ3) is 4.16. The zero-order chi connectivity index (χ0) is 11.8. The van der Waals surface area contributed by atoms with Gasteiger partial charge in [0, 0.05) is 5.69 Å². The second kappa shape index (κ2) is 7.19. The van der Waals surface area contributed by atoms with Crippen LogP contribution in [0, 0.1) is 16.0 Å². The van der Waals surface area contributed by atoms with Crippen molar-refractivity contribution in [3.05, 3.63) is 28.0 Å². The lowest BCUT2D eigenvalue weighted by atomic mass is 10.1. The van der Waals surface area contributed by atoms with Crippen LogP contribution in [0.25, 0.3) is 0 Å². The van der Waals surface area contributed by atoms with Crippen LogP contribution in [0.4, 0.5) is 0 Å². The van der Waals surface area contributed by atoms with Crippen LogP contribution < -0.4 is 0 Å². The Hall–Kier alpha value is -1.14. The molecule has 1 N–H and O–H groups in total. The Labute approximate surface area is 102 Å². The molecule has 0 aliphatic rings. The fraction of sp³-hybridized carbons (Fsp3) is 0.538. The first-order valence-corrected chi connectivity index (χ1v) is 6.31. The number of nitrogens with one attached hydrogen (secondary N) is 1. The van der Waals surface area contributed by atoms with E-state index in [1.54, 1.807) is 6.07 Å². The molecule has 1 heterocycles. The molecule has 0 aliphatic heterocycles. The Bertz CT molecular complexity index is 415. The lowest BCUT2D eigenvalue weighted by Gasteiger charge is -2.02. The van der Waals surface area contributed by atoms with Crippen molar-refractivity contribution in [2.75, 3.05) is 0 Å². The molecular formula is C13H18N2S. The quantitative estimate of drug-likeness (QED) is 0.594. The van der Waals surface area contributed by atoms with Gasteiger partial charge in [-0.25, -0.2) is 0 Å². The van der Waals surface area contributed by atoms with Crippen molar-refractivity contribution in [2.45, 2.75) is 45.4 Å². The van der Waals surface area contributed by atoms with Crippen LogP contribution in [0.1, 0.15) is 50.3 Å². The number of H-pyrrole nitrogens is 1. The van der Waals surface area contributed by atoms with E-state index >= 15 is 0 Å². The lowest BCUT2D eigenvalue weighted by Crippen LogP contribution is -1.92. The summed E-state index contributed by atoms with van der Waals surface area (Å²) in [6, 6.07) is 5.84. The van der Waals surface area contributed by atoms with Crippen molar-refractivity contribution in [3.63, 3.8) is 0 Å². The zero-order valence-electron chi connectivity index (χ0n) is 9.75. The number of hydrogen-bond donors (Lipinski definition) is 1. The predicted octanol–water partition coefficient (Wildman–Crippen LogP) is 4.13. The van der Waals surface area contributed by atoms with Gasteiger partial charge in [0.25, 0.3) is 0 Å². The molecule has 1 aromatic heterocycles. The Kier molecular flexibility index (Phi) is 5.81. The summed E-state index contributed by atoms with van der Waals surface area (Å²) in [5.41, 5.74) is 1.70. The average molecular weight is 234 g/mol. The summed E-state index contributed by atoms with van der Waals surface area (Å²) in [5, 5.41) is 8.75. The number of nitriles is 1. The summed E-state index contributed by atoms with van der Waals surface area (Å²) < 4.78 is 0.563. The molecule has 1 aromatic rings. The van der Waals surface area contributed by atoms with Crippen LogP contribution >= 0.6 is 12.2 Å². The molecule has 2 nitrogen and oxygen atoms in total. The van der Waals surface area contributed by atoms with E-state index in [9.17, 15) is 0 Å². The monoisotopic (exact) mass is 234 g/mol. The fourth-order valence-corrected chi connectivity index (χ4v) is 1.91. The highest BCUT2D eigenvalue weighted by Gasteiger charge is 1.97. The lowest BCUT2D eigenvalue weighted by molar-refractivity contribution is 0.628. The van der Waals surface area contributed by atoms with Gasteiger partial charge in [-0.2, -0.15) is 5.26 Å². The second-order valence-corrected chi connectivity index (χ2v) is 4.41. The highest BCUT2D eigenvalue weighted by atomic mass is 32.1. The highest BCUT2D eigenvalue weighted by molar-refractivity contribution is 7.71. The minimum absolute atomic E-state index is 0.560. The van der Waals surface area contributed by atoms with Gasteiger partial charge in [0.2, 0.25) is 0 Å². The number of aromatic amines is 1. The number of nitrogens with zero attached hydrogens (tertiary/aromatic N) is 1. The molecule has 0 fully saturated rings. The van der Waals surface area contributed by atoms with Crippen LogP contribution in [0.2, 0.25) is 0 Å². The predicted molar refractivity (Wildman–Crippen MR) is 68.8 cm³/mol. The molecule has 0 aliphatic carbocycles. The zero-order valence-corrected chi connectivity index (χ0v) is 10.6. The number of rotatable bonds is 6. The molecule has 1 rings (SSSR count). The van der Waals surface area contributed by atoms with E-state index in [1.807, 2.05) is 6.07 Å². The van der Waals surface area contributed by atoms with Gasteiger partial charge < -0.3 is 4.98 Å². The van der Waals surface area contributed by atoms with Crippen molar-refractivity contribution >= 4 is 12.2 Å². The van der Waals surface area contributed by atoms with Gasteiger partial charge in [-0.1, -0.05) is 44.8 Å². The van der Waals surface area contributed by atoms with E-state index in [4.69, 9.17) is 17.5 Å². The first kappa shape index (κ1) is 12.9. The highest BCUT2D eigenvalue weighted by Crippen LogP contribution is 2.08. The number of aryl methyl sites for hydroxylation is 1. The first-order valence-electron chi connectivity index (χ1n) is 5.90. The molecule has 0 radical (unpaired) electrons. The summed E-state index contributed by atoms with van der Waals surface area (Å²) >= 11 is 5.08. The molecule has 0 saturated heterocycles. The largest absolute Gasteiger partial charge is 0.349 e. The molecule has 86 valence electrons. The normalized spacial score (nSPS) is 10.0. The third-order valence-corrected chi connectivity index (χ3v) is 2.96. The van der Waals surface area contributed by atoms with Gasteiger partial charge in [0.05, 0.1) is 5.56 Å². The molecule has 0 atom stereocenters. The van der Waals surface area contributed by atoms with E-state index in [2.05, 4.69) is 18.0 Å². The molecule has 0 amide bonds. The summed E-state index contributed by atoms with van der Waals surface area (Å²) in [4.78, 5) is 3.11. The third-order valence-electron chi connectivity index (χ3n) is 2.64. The topological polar surface area (TPSA) is 39.6 Å². The van der Waals surface area contributed by atoms with Gasteiger partial charge in [-0.15, -0.1) is 0 Å². The van der Waals surface area contributed by atoms with Gasteiger partial charge in [-0.05, 0) is 25.0 Å². The van der Waals surface area contributed by atoms with Crippen LogP contribution in [0.3, 0.4) is 0 Å². The van der Waals surface area contributed by atoms with Gasteiger partial charge in [-0.3, -0.25) is 0 Å². The van der Waals surface area contributed by atoms with Crippen LogP contribution in [0.15, 0.2) is 12.1 Å². The van der Waals surface area contributed by atoms with Crippen LogP contribution in [0.5, 0.6) is 0 Å². The summed E-state index contributed by atoms with van der Waals surface area (Å²) in [5.74, 6) is 0. The van der Waals surface area contributed by atoms with E-state index in [-0.39, 0.29) is 0 Å². The Morgan fingerprint density at radius 3 is 2.62 bits per heavy atom. The Morgan fingerprint density at radius 2 is 2.00 bits per heavy atom. The van der Waals surface area contributed by atoms with Gasteiger partial charge in [0.15, 0.2) is 0 Å². The maximum Gasteiger partial charge on any atom is 0.121 e. The minimum atomic E-state index is 0.560.